The van der Waals surface area contributed by atoms with E-state index in [-0.39, 0.29) is 18.9 Å². The minimum absolute atomic E-state index is 0.116. The Morgan fingerprint density at radius 3 is 2.70 bits per heavy atom. The van der Waals surface area contributed by atoms with Crippen LogP contribution in [0.4, 0.5) is 0 Å². The normalized spacial score (nSPS) is 11.0. The van der Waals surface area contributed by atoms with Gasteiger partial charge in [-0.05, 0) is 17.9 Å². The van der Waals surface area contributed by atoms with Crippen molar-refractivity contribution in [3.8, 4) is 17.6 Å². The van der Waals surface area contributed by atoms with Crippen LogP contribution in [0.3, 0.4) is 0 Å². The molecule has 0 aliphatic rings. The molecule has 0 radical (unpaired) electrons. The maximum atomic E-state index is 11.6. The standard InChI is InChI=1S/C18H21NO3S/c1-2-3-15-23(20,21)19-13-6-7-14-22-18-12-8-10-16-9-4-5-11-17(16)18/h4-5,8-12,19H,2-3,13-15H2,1H3. The van der Waals surface area contributed by atoms with Gasteiger partial charge in [0.2, 0.25) is 10.0 Å². The molecule has 0 saturated carbocycles. The number of unbranched alkanes of at least 4 members (excludes halogenated alkanes) is 1. The summed E-state index contributed by atoms with van der Waals surface area (Å²) in [6.45, 7) is 2.30. The predicted octanol–water partition coefficient (Wildman–Crippen LogP) is 2.94. The third-order valence-electron chi connectivity index (χ3n) is 3.32. The first kappa shape index (κ1) is 17.3. The van der Waals surface area contributed by atoms with Gasteiger partial charge in [-0.3, -0.25) is 0 Å². The molecular formula is C18H21NO3S. The van der Waals surface area contributed by atoms with Crippen LogP contribution in [0.1, 0.15) is 19.8 Å². The first-order chi connectivity index (χ1) is 11.1. The van der Waals surface area contributed by atoms with Gasteiger partial charge in [-0.25, -0.2) is 13.1 Å². The molecule has 0 saturated heterocycles. The lowest BCUT2D eigenvalue weighted by atomic mass is 10.1. The van der Waals surface area contributed by atoms with Gasteiger partial charge in [0.1, 0.15) is 12.4 Å². The van der Waals surface area contributed by atoms with E-state index in [1.165, 1.54) is 0 Å². The van der Waals surface area contributed by atoms with Gasteiger partial charge < -0.3 is 4.74 Å². The summed E-state index contributed by atoms with van der Waals surface area (Å²) in [5.41, 5.74) is 0. The fourth-order valence-electron chi connectivity index (χ4n) is 2.10. The van der Waals surface area contributed by atoms with Crippen LogP contribution in [0.2, 0.25) is 0 Å². The van der Waals surface area contributed by atoms with Gasteiger partial charge in [0.05, 0.1) is 12.3 Å². The van der Waals surface area contributed by atoms with Crippen LogP contribution in [0, 0.1) is 11.8 Å². The zero-order valence-electron chi connectivity index (χ0n) is 13.2. The van der Waals surface area contributed by atoms with Gasteiger partial charge >= 0.3 is 0 Å². The highest BCUT2D eigenvalue weighted by atomic mass is 32.2. The van der Waals surface area contributed by atoms with Crippen molar-refractivity contribution in [1.29, 1.82) is 0 Å². The molecule has 5 heteroatoms. The number of rotatable bonds is 7. The van der Waals surface area contributed by atoms with Crippen LogP contribution in [-0.2, 0) is 10.0 Å². The summed E-state index contributed by atoms with van der Waals surface area (Å²) >= 11 is 0. The second-order valence-electron chi connectivity index (χ2n) is 5.11. The molecule has 0 spiro atoms. The quantitative estimate of drug-likeness (QED) is 0.794. The zero-order chi connectivity index (χ0) is 16.5. The van der Waals surface area contributed by atoms with E-state index in [1.807, 2.05) is 49.4 Å². The molecule has 122 valence electrons. The third kappa shape index (κ3) is 5.59. The Morgan fingerprint density at radius 2 is 1.87 bits per heavy atom. The van der Waals surface area contributed by atoms with Gasteiger partial charge in [-0.2, -0.15) is 0 Å². The molecule has 0 atom stereocenters. The van der Waals surface area contributed by atoms with Crippen molar-refractivity contribution in [3.05, 3.63) is 42.5 Å². The second-order valence-corrected chi connectivity index (χ2v) is 7.04. The second kappa shape index (κ2) is 8.56. The van der Waals surface area contributed by atoms with Crippen molar-refractivity contribution >= 4 is 20.8 Å². The Kier molecular flexibility index (Phi) is 6.45. The summed E-state index contributed by atoms with van der Waals surface area (Å²) in [6, 6.07) is 13.8. The van der Waals surface area contributed by atoms with Crippen molar-refractivity contribution in [2.75, 3.05) is 18.9 Å². The number of nitrogens with one attached hydrogen (secondary N) is 1. The number of ether oxygens (including phenoxy) is 1. The summed E-state index contributed by atoms with van der Waals surface area (Å²) in [6.07, 6.45) is 1.51. The Labute approximate surface area is 137 Å². The first-order valence-electron chi connectivity index (χ1n) is 7.66. The third-order valence-corrected chi connectivity index (χ3v) is 4.73. The maximum Gasteiger partial charge on any atom is 0.212 e. The molecule has 23 heavy (non-hydrogen) atoms. The Hall–Kier alpha value is -2.03. The van der Waals surface area contributed by atoms with Gasteiger partial charge in [-0.15, -0.1) is 0 Å². The van der Waals surface area contributed by atoms with Crippen molar-refractivity contribution in [1.82, 2.24) is 4.72 Å². The number of sulfonamides is 1. The predicted molar refractivity (Wildman–Crippen MR) is 93.9 cm³/mol. The van der Waals surface area contributed by atoms with Gasteiger partial charge in [0, 0.05) is 5.39 Å². The number of hydrogen-bond acceptors (Lipinski definition) is 3. The average Bonchev–Trinajstić information content (AvgIpc) is 2.56. The van der Waals surface area contributed by atoms with Gasteiger partial charge in [0.15, 0.2) is 0 Å². The highest BCUT2D eigenvalue weighted by Gasteiger charge is 2.06. The highest BCUT2D eigenvalue weighted by molar-refractivity contribution is 7.89. The van der Waals surface area contributed by atoms with Crippen molar-refractivity contribution in [3.63, 3.8) is 0 Å². The molecule has 2 aromatic carbocycles. The first-order valence-corrected chi connectivity index (χ1v) is 9.31. The highest BCUT2D eigenvalue weighted by Crippen LogP contribution is 2.24. The molecular weight excluding hydrogens is 310 g/mol. The maximum absolute atomic E-state index is 11.6. The van der Waals surface area contributed by atoms with Crippen LogP contribution in [0.25, 0.3) is 10.8 Å². The van der Waals surface area contributed by atoms with Crippen LogP contribution in [-0.4, -0.2) is 27.3 Å². The molecule has 0 heterocycles. The van der Waals surface area contributed by atoms with Gasteiger partial charge in [-0.1, -0.05) is 61.6 Å². The topological polar surface area (TPSA) is 55.4 Å². The lowest BCUT2D eigenvalue weighted by Crippen LogP contribution is -2.26. The minimum atomic E-state index is -3.21. The molecule has 0 aliphatic carbocycles. The molecule has 0 aliphatic heterocycles. The van der Waals surface area contributed by atoms with Crippen LogP contribution in [0.15, 0.2) is 42.5 Å². The van der Waals surface area contributed by atoms with Crippen molar-refractivity contribution < 1.29 is 13.2 Å². The molecule has 0 fully saturated rings. The smallest absolute Gasteiger partial charge is 0.212 e. The van der Waals surface area contributed by atoms with E-state index in [0.717, 1.165) is 22.9 Å². The largest absolute Gasteiger partial charge is 0.480 e. The van der Waals surface area contributed by atoms with Crippen LogP contribution < -0.4 is 9.46 Å². The van der Waals surface area contributed by atoms with E-state index >= 15 is 0 Å². The Bertz CT molecular complexity index is 798. The molecule has 2 rings (SSSR count). The monoisotopic (exact) mass is 331 g/mol. The SMILES string of the molecule is CCCCS(=O)(=O)NCC#CCOc1cccc2ccccc12. The lowest BCUT2D eigenvalue weighted by molar-refractivity contribution is 0.374. The summed E-state index contributed by atoms with van der Waals surface area (Å²) in [5, 5.41) is 2.15. The number of benzene rings is 2. The summed E-state index contributed by atoms with van der Waals surface area (Å²) in [5.74, 6) is 6.53. The summed E-state index contributed by atoms with van der Waals surface area (Å²) in [7, 11) is -3.21. The van der Waals surface area contributed by atoms with E-state index in [9.17, 15) is 8.42 Å². The fraction of sp³-hybridized carbons (Fsp3) is 0.333. The summed E-state index contributed by atoms with van der Waals surface area (Å²) in [4.78, 5) is 0. The fourth-order valence-corrected chi connectivity index (χ4v) is 3.21. The Balaban J connectivity index is 1.84. The molecule has 0 aromatic heterocycles. The lowest BCUT2D eigenvalue weighted by Gasteiger charge is -2.06. The minimum Gasteiger partial charge on any atom is -0.480 e. The van der Waals surface area contributed by atoms with Crippen molar-refractivity contribution in [2.45, 2.75) is 19.8 Å². The van der Waals surface area contributed by atoms with Gasteiger partial charge in [0.25, 0.3) is 0 Å². The average molecular weight is 331 g/mol. The molecule has 0 bridgehead atoms. The van der Waals surface area contributed by atoms with E-state index in [2.05, 4.69) is 16.6 Å². The number of fused-ring (bicyclic) bond motifs is 1. The summed E-state index contributed by atoms with van der Waals surface area (Å²) < 4.78 is 31.3. The molecule has 2 aromatic rings. The van der Waals surface area contributed by atoms with Crippen molar-refractivity contribution in [2.24, 2.45) is 0 Å². The Morgan fingerprint density at radius 1 is 1.09 bits per heavy atom. The molecule has 0 unspecified atom stereocenters. The number of hydrogen-bond donors (Lipinski definition) is 1. The van der Waals surface area contributed by atoms with Crippen LogP contribution >= 0.6 is 0 Å². The van der Waals surface area contributed by atoms with E-state index in [4.69, 9.17) is 4.74 Å². The van der Waals surface area contributed by atoms with E-state index < -0.39 is 10.0 Å². The van der Waals surface area contributed by atoms with Crippen LogP contribution in [0.5, 0.6) is 5.75 Å². The van der Waals surface area contributed by atoms with E-state index in [1.54, 1.807) is 0 Å². The van der Waals surface area contributed by atoms with E-state index in [0.29, 0.717) is 6.42 Å². The molecule has 4 nitrogen and oxygen atoms in total. The zero-order valence-corrected chi connectivity index (χ0v) is 14.0. The molecule has 0 amide bonds. The molecule has 1 N–H and O–H groups in total.